The van der Waals surface area contributed by atoms with Gasteiger partial charge in [-0.05, 0) is 0 Å². The zero-order chi connectivity index (χ0) is 8.39. The minimum Gasteiger partial charge on any atom is -0.301 e. The van der Waals surface area contributed by atoms with Gasteiger partial charge in [0.2, 0.25) is 0 Å². The third kappa shape index (κ3) is 1.44. The second-order valence-electron chi connectivity index (χ2n) is 2.45. The molecule has 12 heavy (non-hydrogen) atoms. The average Bonchev–Trinajstić information content (AvgIpc) is 2.54. The molecule has 0 amide bonds. The Hall–Kier alpha value is -1.00. The lowest BCUT2D eigenvalue weighted by Crippen LogP contribution is -2.25. The first-order valence-corrected chi connectivity index (χ1v) is 4.55. The monoisotopic (exact) mass is 179 g/mol. The molecule has 1 atom stereocenters. The predicted molar refractivity (Wildman–Crippen MR) is 51.7 cm³/mol. The van der Waals surface area contributed by atoms with Gasteiger partial charge in [-0.25, -0.2) is 0 Å². The van der Waals surface area contributed by atoms with Gasteiger partial charge in [0.15, 0.2) is 0 Å². The molecular weight excluding hydrogens is 170 g/mol. The SMILES string of the molecule is NC1NN=C(c2ccccc2)S1. The van der Waals surface area contributed by atoms with Crippen molar-refractivity contribution in [2.75, 3.05) is 0 Å². The maximum Gasteiger partial charge on any atom is 0.144 e. The van der Waals surface area contributed by atoms with Gasteiger partial charge >= 0.3 is 0 Å². The number of nitrogens with one attached hydrogen (secondary N) is 1. The van der Waals surface area contributed by atoms with Crippen molar-refractivity contribution >= 4 is 16.8 Å². The number of thioether (sulfide) groups is 1. The van der Waals surface area contributed by atoms with Crippen LogP contribution in [0, 0.1) is 0 Å². The third-order valence-corrected chi connectivity index (χ3v) is 2.46. The molecule has 1 aliphatic rings. The van der Waals surface area contributed by atoms with Crippen LogP contribution < -0.4 is 11.2 Å². The Morgan fingerprint density at radius 2 is 2.08 bits per heavy atom. The maximum atomic E-state index is 5.60. The smallest absolute Gasteiger partial charge is 0.144 e. The molecule has 3 nitrogen and oxygen atoms in total. The van der Waals surface area contributed by atoms with Crippen molar-refractivity contribution in [3.05, 3.63) is 35.9 Å². The fraction of sp³-hybridized carbons (Fsp3) is 0.125. The minimum atomic E-state index is -0.0970. The molecule has 1 aromatic rings. The number of nitrogens with two attached hydrogens (primary N) is 1. The van der Waals surface area contributed by atoms with E-state index in [-0.39, 0.29) is 5.50 Å². The first kappa shape index (κ1) is 7.64. The van der Waals surface area contributed by atoms with Crippen molar-refractivity contribution in [3.8, 4) is 0 Å². The molecule has 0 fully saturated rings. The Morgan fingerprint density at radius 1 is 1.33 bits per heavy atom. The van der Waals surface area contributed by atoms with E-state index in [9.17, 15) is 0 Å². The zero-order valence-corrected chi connectivity index (χ0v) is 7.21. The van der Waals surface area contributed by atoms with Crippen LogP contribution >= 0.6 is 11.8 Å². The number of hydrogen-bond acceptors (Lipinski definition) is 4. The predicted octanol–water partition coefficient (Wildman–Crippen LogP) is 0.927. The molecule has 62 valence electrons. The van der Waals surface area contributed by atoms with Crippen LogP contribution in [0.2, 0.25) is 0 Å². The summed E-state index contributed by atoms with van der Waals surface area (Å²) in [6.07, 6.45) is 0. The fourth-order valence-electron chi connectivity index (χ4n) is 1.01. The van der Waals surface area contributed by atoms with Crippen molar-refractivity contribution in [1.29, 1.82) is 0 Å². The van der Waals surface area contributed by atoms with Gasteiger partial charge in [0.1, 0.15) is 10.5 Å². The topological polar surface area (TPSA) is 50.4 Å². The van der Waals surface area contributed by atoms with Gasteiger partial charge in [-0.15, -0.1) is 0 Å². The number of hydrazone groups is 1. The van der Waals surface area contributed by atoms with Gasteiger partial charge in [0, 0.05) is 5.56 Å². The van der Waals surface area contributed by atoms with E-state index in [4.69, 9.17) is 5.73 Å². The molecule has 1 aromatic carbocycles. The van der Waals surface area contributed by atoms with Crippen LogP contribution in [0.5, 0.6) is 0 Å². The van der Waals surface area contributed by atoms with Crippen LogP contribution in [-0.4, -0.2) is 10.5 Å². The van der Waals surface area contributed by atoms with Gasteiger partial charge in [0.25, 0.3) is 0 Å². The van der Waals surface area contributed by atoms with Gasteiger partial charge in [-0.2, -0.15) is 5.10 Å². The highest BCUT2D eigenvalue weighted by molar-refractivity contribution is 8.15. The van der Waals surface area contributed by atoms with Crippen LogP contribution in [0.15, 0.2) is 35.4 Å². The lowest BCUT2D eigenvalue weighted by molar-refractivity contribution is 0.729. The highest BCUT2D eigenvalue weighted by Gasteiger charge is 2.15. The summed E-state index contributed by atoms with van der Waals surface area (Å²) in [5, 5.41) is 5.05. The van der Waals surface area contributed by atoms with E-state index in [0.717, 1.165) is 10.6 Å². The van der Waals surface area contributed by atoms with Crippen molar-refractivity contribution < 1.29 is 0 Å². The molecule has 0 bridgehead atoms. The van der Waals surface area contributed by atoms with Gasteiger partial charge < -0.3 is 5.73 Å². The van der Waals surface area contributed by atoms with E-state index < -0.39 is 0 Å². The molecule has 1 unspecified atom stereocenters. The van der Waals surface area contributed by atoms with Crippen molar-refractivity contribution in [3.63, 3.8) is 0 Å². The van der Waals surface area contributed by atoms with Crippen molar-refractivity contribution in [2.45, 2.75) is 5.50 Å². The van der Waals surface area contributed by atoms with Crippen LogP contribution in [0.25, 0.3) is 0 Å². The molecular formula is C8H9N3S. The first-order chi connectivity index (χ1) is 5.86. The molecule has 0 saturated heterocycles. The summed E-state index contributed by atoms with van der Waals surface area (Å²) in [5.74, 6) is 0. The van der Waals surface area contributed by atoms with Gasteiger partial charge in [-0.1, -0.05) is 42.1 Å². The minimum absolute atomic E-state index is 0.0970. The molecule has 0 spiro atoms. The summed E-state index contributed by atoms with van der Waals surface area (Å²) >= 11 is 1.54. The Kier molecular flexibility index (Phi) is 2.01. The summed E-state index contributed by atoms with van der Waals surface area (Å²) in [7, 11) is 0. The average molecular weight is 179 g/mol. The van der Waals surface area contributed by atoms with Crippen LogP contribution in [-0.2, 0) is 0 Å². The first-order valence-electron chi connectivity index (χ1n) is 3.67. The van der Waals surface area contributed by atoms with E-state index in [1.54, 1.807) is 0 Å². The van der Waals surface area contributed by atoms with E-state index in [0.29, 0.717) is 0 Å². The van der Waals surface area contributed by atoms with Crippen molar-refractivity contribution in [1.82, 2.24) is 5.43 Å². The van der Waals surface area contributed by atoms with Gasteiger partial charge in [0.05, 0.1) is 0 Å². The standard InChI is InChI=1S/C8H9N3S/c9-8-11-10-7(12-8)6-4-2-1-3-5-6/h1-5,8,11H,9H2. The number of rotatable bonds is 1. The molecule has 0 aromatic heterocycles. The van der Waals surface area contributed by atoms with Gasteiger partial charge in [-0.3, -0.25) is 5.43 Å². The number of nitrogens with zero attached hydrogens (tertiary/aromatic N) is 1. The molecule has 2 rings (SSSR count). The zero-order valence-electron chi connectivity index (χ0n) is 6.40. The third-order valence-electron chi connectivity index (χ3n) is 1.55. The Morgan fingerprint density at radius 3 is 2.67 bits per heavy atom. The fourth-order valence-corrected chi connectivity index (χ4v) is 1.73. The molecule has 0 saturated carbocycles. The highest BCUT2D eigenvalue weighted by Crippen LogP contribution is 2.18. The summed E-state index contributed by atoms with van der Waals surface area (Å²) in [4.78, 5) is 0. The molecule has 0 aliphatic carbocycles. The maximum absolute atomic E-state index is 5.60. The number of hydrogen-bond donors (Lipinski definition) is 2. The second-order valence-corrected chi connectivity index (χ2v) is 3.58. The Bertz CT molecular complexity index is 296. The van der Waals surface area contributed by atoms with E-state index >= 15 is 0 Å². The number of benzene rings is 1. The summed E-state index contributed by atoms with van der Waals surface area (Å²) < 4.78 is 0. The summed E-state index contributed by atoms with van der Waals surface area (Å²) in [6.45, 7) is 0. The Labute approximate surface area is 75.0 Å². The normalized spacial score (nSPS) is 21.8. The van der Waals surface area contributed by atoms with E-state index in [2.05, 4.69) is 10.5 Å². The van der Waals surface area contributed by atoms with E-state index in [1.807, 2.05) is 30.3 Å². The highest BCUT2D eigenvalue weighted by atomic mass is 32.2. The lowest BCUT2D eigenvalue weighted by Gasteiger charge is -1.98. The molecule has 0 radical (unpaired) electrons. The molecule has 4 heteroatoms. The van der Waals surface area contributed by atoms with E-state index in [1.165, 1.54) is 11.8 Å². The molecule has 1 heterocycles. The summed E-state index contributed by atoms with van der Waals surface area (Å²) in [6, 6.07) is 10.00. The molecule has 3 N–H and O–H groups in total. The molecule has 1 aliphatic heterocycles. The lowest BCUT2D eigenvalue weighted by atomic mass is 10.2. The Balaban J connectivity index is 2.22. The second kappa shape index (κ2) is 3.16. The van der Waals surface area contributed by atoms with Crippen LogP contribution in [0.3, 0.4) is 0 Å². The quantitative estimate of drug-likeness (QED) is 0.674. The largest absolute Gasteiger partial charge is 0.301 e. The van der Waals surface area contributed by atoms with Crippen LogP contribution in [0.1, 0.15) is 5.56 Å². The summed E-state index contributed by atoms with van der Waals surface area (Å²) in [5.41, 5.74) is 9.41. The van der Waals surface area contributed by atoms with Crippen molar-refractivity contribution in [2.24, 2.45) is 10.8 Å². The van der Waals surface area contributed by atoms with Crippen LogP contribution in [0.4, 0.5) is 0 Å².